The first-order chi connectivity index (χ1) is 4.63. The highest BCUT2D eigenvalue weighted by Gasteiger charge is 1.86. The first-order valence-electron chi connectivity index (χ1n) is 3.84. The molecule has 0 aromatic rings. The fourth-order valence-electron chi connectivity index (χ4n) is 0.510. The van der Waals surface area contributed by atoms with Crippen LogP contribution in [0.15, 0.2) is 0 Å². The first-order valence-corrected chi connectivity index (χ1v) is 3.84. The Morgan fingerprint density at radius 1 is 1.20 bits per heavy atom. The summed E-state index contributed by atoms with van der Waals surface area (Å²) >= 11 is 0. The molecule has 0 aliphatic rings. The molecule has 0 aromatic carbocycles. The quantitative estimate of drug-likeness (QED) is 0.573. The van der Waals surface area contributed by atoms with Gasteiger partial charge in [-0.25, -0.2) is 0 Å². The van der Waals surface area contributed by atoms with Crippen molar-refractivity contribution < 1.29 is 0 Å². The van der Waals surface area contributed by atoms with Crippen LogP contribution in [0.5, 0.6) is 0 Å². The molecule has 1 nitrogen and oxygen atoms in total. The summed E-state index contributed by atoms with van der Waals surface area (Å²) in [6.07, 6.45) is 0. The summed E-state index contributed by atoms with van der Waals surface area (Å²) in [5.74, 6) is 6.64. The monoisotopic (exact) mass is 139 g/mol. The van der Waals surface area contributed by atoms with Gasteiger partial charge in [0.1, 0.15) is 0 Å². The van der Waals surface area contributed by atoms with Gasteiger partial charge >= 0.3 is 0 Å². The summed E-state index contributed by atoms with van der Waals surface area (Å²) in [7, 11) is 0. The van der Waals surface area contributed by atoms with E-state index in [0.717, 1.165) is 6.54 Å². The minimum Gasteiger partial charge on any atom is -0.304 e. The lowest BCUT2D eigenvalue weighted by atomic mass is 10.2. The van der Waals surface area contributed by atoms with Gasteiger partial charge in [-0.05, 0) is 13.8 Å². The molecule has 0 fully saturated rings. The normalized spacial score (nSPS) is 9.80. The number of hydrogen-bond donors (Lipinski definition) is 1. The molecular weight excluding hydrogens is 122 g/mol. The smallest absolute Gasteiger partial charge is 0.0578 e. The maximum Gasteiger partial charge on any atom is 0.0578 e. The molecule has 0 rings (SSSR count). The van der Waals surface area contributed by atoms with Crippen molar-refractivity contribution in [3.63, 3.8) is 0 Å². The molecule has 0 bridgehead atoms. The van der Waals surface area contributed by atoms with Crippen LogP contribution in [0.4, 0.5) is 0 Å². The Labute approximate surface area is 64.2 Å². The Morgan fingerprint density at radius 3 is 2.20 bits per heavy atom. The molecule has 0 saturated heterocycles. The Hall–Kier alpha value is -0.480. The largest absolute Gasteiger partial charge is 0.304 e. The van der Waals surface area contributed by atoms with Crippen LogP contribution < -0.4 is 5.32 Å². The van der Waals surface area contributed by atoms with E-state index in [9.17, 15) is 0 Å². The fourth-order valence-corrected chi connectivity index (χ4v) is 0.510. The van der Waals surface area contributed by atoms with Crippen LogP contribution >= 0.6 is 0 Å². The summed E-state index contributed by atoms with van der Waals surface area (Å²) in [4.78, 5) is 0. The minimum atomic E-state index is 0.494. The van der Waals surface area contributed by atoms with Crippen molar-refractivity contribution in [3.05, 3.63) is 0 Å². The summed E-state index contributed by atoms with van der Waals surface area (Å²) in [5.41, 5.74) is 0. The van der Waals surface area contributed by atoms with Crippen LogP contribution in [-0.4, -0.2) is 12.6 Å². The summed E-state index contributed by atoms with van der Waals surface area (Å²) in [6.45, 7) is 9.26. The average molecular weight is 139 g/mol. The van der Waals surface area contributed by atoms with Crippen LogP contribution in [0.2, 0.25) is 0 Å². The van der Waals surface area contributed by atoms with Crippen molar-refractivity contribution in [1.29, 1.82) is 0 Å². The lowest BCUT2D eigenvalue weighted by Crippen LogP contribution is -2.22. The van der Waals surface area contributed by atoms with Crippen molar-refractivity contribution in [1.82, 2.24) is 5.32 Å². The van der Waals surface area contributed by atoms with Gasteiger partial charge in [0.2, 0.25) is 0 Å². The molecule has 0 atom stereocenters. The predicted octanol–water partition coefficient (Wildman–Crippen LogP) is 1.64. The van der Waals surface area contributed by atoms with Crippen LogP contribution in [0.3, 0.4) is 0 Å². The molecule has 10 heavy (non-hydrogen) atoms. The molecule has 0 aliphatic heterocycles. The second kappa shape index (κ2) is 5.32. The van der Waals surface area contributed by atoms with Gasteiger partial charge in [-0.3, -0.25) is 0 Å². The van der Waals surface area contributed by atoms with Gasteiger partial charge in [-0.1, -0.05) is 25.7 Å². The maximum atomic E-state index is 3.23. The summed E-state index contributed by atoms with van der Waals surface area (Å²) in [5, 5.41) is 3.23. The topological polar surface area (TPSA) is 12.0 Å². The third kappa shape index (κ3) is 7.52. The van der Waals surface area contributed by atoms with Gasteiger partial charge in [-0.2, -0.15) is 0 Å². The molecular formula is C9H17N. The Bertz CT molecular complexity index is 125. The highest BCUT2D eigenvalue weighted by molar-refractivity contribution is 5.02. The van der Waals surface area contributed by atoms with E-state index in [0.29, 0.717) is 12.0 Å². The van der Waals surface area contributed by atoms with E-state index < -0.39 is 0 Å². The fraction of sp³-hybridized carbons (Fsp3) is 0.778. The number of hydrogen-bond acceptors (Lipinski definition) is 1. The third-order valence-corrected chi connectivity index (χ3v) is 0.989. The van der Waals surface area contributed by atoms with Crippen LogP contribution in [0.1, 0.15) is 27.7 Å². The standard InChI is InChI=1S/C9H17N/c1-8(2)6-5-7-10-9(3)4/h8-10H,7H2,1-4H3. The number of rotatable bonds is 2. The van der Waals surface area contributed by atoms with E-state index >= 15 is 0 Å². The van der Waals surface area contributed by atoms with E-state index in [1.165, 1.54) is 0 Å². The molecule has 58 valence electrons. The average Bonchev–Trinajstić information content (AvgIpc) is 1.79. The molecule has 1 N–H and O–H groups in total. The van der Waals surface area contributed by atoms with E-state index in [2.05, 4.69) is 44.9 Å². The van der Waals surface area contributed by atoms with Gasteiger partial charge in [0.15, 0.2) is 0 Å². The van der Waals surface area contributed by atoms with Crippen molar-refractivity contribution in [2.24, 2.45) is 5.92 Å². The van der Waals surface area contributed by atoms with Crippen LogP contribution in [0, 0.1) is 17.8 Å². The van der Waals surface area contributed by atoms with Gasteiger partial charge < -0.3 is 5.32 Å². The zero-order valence-corrected chi connectivity index (χ0v) is 7.36. The highest BCUT2D eigenvalue weighted by atomic mass is 14.9. The summed E-state index contributed by atoms with van der Waals surface area (Å²) < 4.78 is 0. The lowest BCUT2D eigenvalue weighted by Gasteiger charge is -2.01. The van der Waals surface area contributed by atoms with Gasteiger partial charge in [0, 0.05) is 12.0 Å². The first kappa shape index (κ1) is 9.52. The Balaban J connectivity index is 3.29. The van der Waals surface area contributed by atoms with Crippen LogP contribution in [-0.2, 0) is 0 Å². The van der Waals surface area contributed by atoms with E-state index in [4.69, 9.17) is 0 Å². The molecule has 0 saturated carbocycles. The molecule has 1 heteroatoms. The van der Waals surface area contributed by atoms with E-state index in [1.807, 2.05) is 0 Å². The second-order valence-corrected chi connectivity index (χ2v) is 3.01. The molecule has 0 aliphatic carbocycles. The molecule has 0 heterocycles. The van der Waals surface area contributed by atoms with Gasteiger partial charge in [0.05, 0.1) is 6.54 Å². The van der Waals surface area contributed by atoms with Crippen LogP contribution in [0.25, 0.3) is 0 Å². The highest BCUT2D eigenvalue weighted by Crippen LogP contribution is 1.84. The third-order valence-electron chi connectivity index (χ3n) is 0.989. The molecule has 0 amide bonds. The minimum absolute atomic E-state index is 0.494. The van der Waals surface area contributed by atoms with E-state index in [1.54, 1.807) is 0 Å². The van der Waals surface area contributed by atoms with Crippen molar-refractivity contribution in [3.8, 4) is 11.8 Å². The lowest BCUT2D eigenvalue weighted by molar-refractivity contribution is 0.638. The molecule has 0 spiro atoms. The zero-order chi connectivity index (χ0) is 7.98. The molecule has 0 radical (unpaired) electrons. The van der Waals surface area contributed by atoms with Crippen molar-refractivity contribution in [2.45, 2.75) is 33.7 Å². The maximum absolute atomic E-state index is 3.23. The SMILES string of the molecule is CC(C)C#CCNC(C)C. The summed E-state index contributed by atoms with van der Waals surface area (Å²) in [6, 6.07) is 0.543. The molecule has 0 unspecified atom stereocenters. The van der Waals surface area contributed by atoms with Gasteiger partial charge in [-0.15, -0.1) is 0 Å². The van der Waals surface area contributed by atoms with Gasteiger partial charge in [0.25, 0.3) is 0 Å². The molecule has 0 aromatic heterocycles. The predicted molar refractivity (Wildman–Crippen MR) is 45.8 cm³/mol. The Kier molecular flexibility index (Phi) is 5.06. The van der Waals surface area contributed by atoms with E-state index in [-0.39, 0.29) is 0 Å². The van der Waals surface area contributed by atoms with Crippen molar-refractivity contribution in [2.75, 3.05) is 6.54 Å². The van der Waals surface area contributed by atoms with Crippen molar-refractivity contribution >= 4 is 0 Å². The second-order valence-electron chi connectivity index (χ2n) is 3.01. The zero-order valence-electron chi connectivity index (χ0n) is 7.36. The number of nitrogens with one attached hydrogen (secondary N) is 1. The Morgan fingerprint density at radius 2 is 1.80 bits per heavy atom.